The predicted molar refractivity (Wildman–Crippen MR) is 112 cm³/mol. The summed E-state index contributed by atoms with van der Waals surface area (Å²) in [6, 6.07) is -1.28. The summed E-state index contributed by atoms with van der Waals surface area (Å²) in [5.74, 6) is -0.523. The first-order valence-corrected chi connectivity index (χ1v) is 10.2. The molecule has 0 saturated carbocycles. The molecule has 154 valence electrons. The summed E-state index contributed by atoms with van der Waals surface area (Å²) in [6.45, 7) is 11.1. The number of halogens is 1. The molecule has 2 amide bonds. The summed E-state index contributed by atoms with van der Waals surface area (Å²) < 4.78 is 0. The molecule has 0 aliphatic rings. The van der Waals surface area contributed by atoms with E-state index in [2.05, 4.69) is 18.5 Å². The molecule has 0 saturated heterocycles. The second-order valence-corrected chi connectivity index (χ2v) is 7.35. The maximum Gasteiger partial charge on any atom is 0.243 e. The summed E-state index contributed by atoms with van der Waals surface area (Å²) in [7, 11) is 1.62. The molecule has 0 radical (unpaired) electrons. The van der Waals surface area contributed by atoms with Gasteiger partial charge in [-0.25, -0.2) is 0 Å². The number of nitrogens with zero attached hydrogens (tertiary/aromatic N) is 1. The Morgan fingerprint density at radius 3 is 2.30 bits per heavy atom. The van der Waals surface area contributed by atoms with E-state index in [1.807, 2.05) is 19.1 Å². The molecule has 1 N–H and O–H groups in total. The number of hydrogen-bond donors (Lipinski definition) is 1. The number of amides is 2. The fourth-order valence-corrected chi connectivity index (χ4v) is 2.90. The fraction of sp³-hybridized carbons (Fsp3) is 0.667. The third-order valence-electron chi connectivity index (χ3n) is 4.74. The maximum atomic E-state index is 12.6. The number of carbonyl (C=O) groups is 3. The minimum absolute atomic E-state index is 0.0821. The fourth-order valence-electron chi connectivity index (χ4n) is 2.71. The van der Waals surface area contributed by atoms with Gasteiger partial charge in [0.05, 0.1) is 11.9 Å². The van der Waals surface area contributed by atoms with Crippen molar-refractivity contribution in [2.75, 3.05) is 12.9 Å². The second kappa shape index (κ2) is 14.4. The molecule has 0 bridgehead atoms. The normalized spacial score (nSPS) is 13.9. The summed E-state index contributed by atoms with van der Waals surface area (Å²) in [6.07, 6.45) is 8.87. The smallest absolute Gasteiger partial charge is 0.243 e. The van der Waals surface area contributed by atoms with Gasteiger partial charge in [-0.15, -0.1) is 24.8 Å². The van der Waals surface area contributed by atoms with Gasteiger partial charge in [-0.2, -0.15) is 0 Å². The van der Waals surface area contributed by atoms with E-state index in [0.29, 0.717) is 12.8 Å². The van der Waals surface area contributed by atoms with E-state index >= 15 is 0 Å². The van der Waals surface area contributed by atoms with Crippen LogP contribution in [0.2, 0.25) is 0 Å². The first-order chi connectivity index (χ1) is 12.8. The molecule has 0 fully saturated rings. The highest BCUT2D eigenvalue weighted by Gasteiger charge is 2.27. The molecule has 6 heteroatoms. The lowest BCUT2D eigenvalue weighted by molar-refractivity contribution is -0.139. The Bertz CT molecular complexity index is 508. The average molecular weight is 399 g/mol. The van der Waals surface area contributed by atoms with E-state index in [4.69, 9.17) is 11.6 Å². The van der Waals surface area contributed by atoms with Crippen molar-refractivity contribution in [3.05, 3.63) is 25.3 Å². The van der Waals surface area contributed by atoms with Crippen LogP contribution < -0.4 is 5.32 Å². The van der Waals surface area contributed by atoms with Crippen molar-refractivity contribution in [3.8, 4) is 0 Å². The Morgan fingerprint density at radius 2 is 1.74 bits per heavy atom. The molecular weight excluding hydrogens is 364 g/mol. The number of nitrogens with one attached hydrogen (secondary N) is 1. The number of allylic oxidation sites excluding steroid dienone is 2. The van der Waals surface area contributed by atoms with Gasteiger partial charge in [-0.1, -0.05) is 19.1 Å². The molecule has 0 spiro atoms. The number of likely N-dealkylation sites (N-methyl/N-ethyl adjacent to an activating group) is 1. The molecule has 0 heterocycles. The molecule has 3 atom stereocenters. The third-order valence-corrected chi connectivity index (χ3v) is 5.00. The largest absolute Gasteiger partial charge is 0.344 e. The standard InChI is InChI=1S/C21H35ClN2O3/c1-6-8-10-11-13-20(26)24(5)17(4)21(27)23-18(19(25)15-22)14-16(3)12-9-7-2/h6-7,16-18H,1-2,8-15H2,3-5H3,(H,23,27)/t16-,17?,18+/m0/s1. The topological polar surface area (TPSA) is 66.5 Å². The molecular formula is C21H35ClN2O3. The van der Waals surface area contributed by atoms with Crippen molar-refractivity contribution in [2.45, 2.75) is 70.9 Å². The summed E-state index contributed by atoms with van der Waals surface area (Å²) in [5, 5.41) is 2.78. The molecule has 0 aromatic carbocycles. The van der Waals surface area contributed by atoms with Gasteiger partial charge in [0, 0.05) is 13.5 Å². The van der Waals surface area contributed by atoms with Crippen molar-refractivity contribution in [1.82, 2.24) is 10.2 Å². The summed E-state index contributed by atoms with van der Waals surface area (Å²) in [4.78, 5) is 38.4. The number of ketones is 1. The van der Waals surface area contributed by atoms with E-state index in [1.165, 1.54) is 4.90 Å². The van der Waals surface area contributed by atoms with Crippen molar-refractivity contribution < 1.29 is 14.4 Å². The number of alkyl halides is 1. The van der Waals surface area contributed by atoms with Crippen LogP contribution in [0.1, 0.15) is 58.8 Å². The Hall–Kier alpha value is -1.62. The average Bonchev–Trinajstić information content (AvgIpc) is 2.66. The summed E-state index contributed by atoms with van der Waals surface area (Å²) in [5.41, 5.74) is 0. The van der Waals surface area contributed by atoms with Gasteiger partial charge in [0.1, 0.15) is 6.04 Å². The molecule has 0 aromatic heterocycles. The van der Waals surface area contributed by atoms with E-state index in [0.717, 1.165) is 32.1 Å². The number of rotatable bonds is 15. The van der Waals surface area contributed by atoms with Crippen LogP contribution in [0.15, 0.2) is 25.3 Å². The van der Waals surface area contributed by atoms with Crippen LogP contribution in [0, 0.1) is 5.92 Å². The van der Waals surface area contributed by atoms with Crippen LogP contribution in [-0.2, 0) is 14.4 Å². The maximum absolute atomic E-state index is 12.6. The Kier molecular flexibility index (Phi) is 13.6. The predicted octanol–water partition coefficient (Wildman–Crippen LogP) is 3.86. The van der Waals surface area contributed by atoms with Gasteiger partial charge < -0.3 is 10.2 Å². The zero-order chi connectivity index (χ0) is 20.8. The monoisotopic (exact) mass is 398 g/mol. The van der Waals surface area contributed by atoms with Crippen LogP contribution in [0.3, 0.4) is 0 Å². The van der Waals surface area contributed by atoms with Gasteiger partial charge in [-0.3, -0.25) is 14.4 Å². The molecule has 5 nitrogen and oxygen atoms in total. The Morgan fingerprint density at radius 1 is 1.11 bits per heavy atom. The first-order valence-electron chi connectivity index (χ1n) is 9.64. The van der Waals surface area contributed by atoms with Crippen molar-refractivity contribution in [1.29, 1.82) is 0 Å². The highest BCUT2D eigenvalue weighted by atomic mass is 35.5. The van der Waals surface area contributed by atoms with Crippen molar-refractivity contribution in [2.24, 2.45) is 5.92 Å². The molecule has 0 aromatic rings. The van der Waals surface area contributed by atoms with E-state index in [1.54, 1.807) is 14.0 Å². The Balaban J connectivity index is 4.74. The van der Waals surface area contributed by atoms with E-state index in [-0.39, 0.29) is 29.4 Å². The number of Topliss-reactive ketones (excluding diaryl/α,β-unsaturated/α-hetero) is 1. The molecule has 27 heavy (non-hydrogen) atoms. The zero-order valence-corrected chi connectivity index (χ0v) is 17.8. The van der Waals surface area contributed by atoms with Gasteiger partial charge in [0.2, 0.25) is 11.8 Å². The van der Waals surface area contributed by atoms with E-state index < -0.39 is 12.1 Å². The lowest BCUT2D eigenvalue weighted by atomic mass is 9.95. The van der Waals surface area contributed by atoms with Gasteiger partial charge >= 0.3 is 0 Å². The third kappa shape index (κ3) is 10.3. The Labute approximate surface area is 169 Å². The first kappa shape index (κ1) is 25.4. The molecule has 0 aliphatic heterocycles. The van der Waals surface area contributed by atoms with Gasteiger partial charge in [0.15, 0.2) is 5.78 Å². The minimum atomic E-state index is -0.647. The lowest BCUT2D eigenvalue weighted by Crippen LogP contribution is -2.51. The van der Waals surface area contributed by atoms with Gasteiger partial charge in [0.25, 0.3) is 0 Å². The molecule has 0 aliphatic carbocycles. The highest BCUT2D eigenvalue weighted by molar-refractivity contribution is 6.28. The van der Waals surface area contributed by atoms with Crippen LogP contribution in [0.25, 0.3) is 0 Å². The lowest BCUT2D eigenvalue weighted by Gasteiger charge is -2.27. The number of carbonyl (C=O) groups excluding carboxylic acids is 3. The minimum Gasteiger partial charge on any atom is -0.344 e. The molecule has 0 rings (SSSR count). The molecule has 1 unspecified atom stereocenters. The van der Waals surface area contributed by atoms with Crippen LogP contribution in [0.5, 0.6) is 0 Å². The zero-order valence-electron chi connectivity index (χ0n) is 17.0. The highest BCUT2D eigenvalue weighted by Crippen LogP contribution is 2.15. The number of hydrogen-bond acceptors (Lipinski definition) is 3. The SMILES string of the molecule is C=CCCCCC(=O)N(C)C(C)C(=O)N[C@H](C[C@@H](C)CCC=C)C(=O)CCl. The van der Waals surface area contributed by atoms with Crippen LogP contribution >= 0.6 is 11.6 Å². The second-order valence-electron chi connectivity index (χ2n) is 7.08. The summed E-state index contributed by atoms with van der Waals surface area (Å²) >= 11 is 5.70. The van der Waals surface area contributed by atoms with Gasteiger partial charge in [-0.05, 0) is 51.4 Å². The van der Waals surface area contributed by atoms with Crippen LogP contribution in [0.4, 0.5) is 0 Å². The van der Waals surface area contributed by atoms with Crippen LogP contribution in [-0.4, -0.2) is 47.5 Å². The number of unbranched alkanes of at least 4 members (excludes halogenated alkanes) is 2. The quantitative estimate of drug-likeness (QED) is 0.259. The van der Waals surface area contributed by atoms with Crippen molar-refractivity contribution in [3.63, 3.8) is 0 Å². The van der Waals surface area contributed by atoms with E-state index in [9.17, 15) is 14.4 Å². The van der Waals surface area contributed by atoms with Crippen molar-refractivity contribution >= 4 is 29.2 Å².